The number of alkyl halides is 1. The minimum atomic E-state index is -0.451. The molecular formula is C30H23FIrN2-2. The van der Waals surface area contributed by atoms with Gasteiger partial charge in [0, 0.05) is 32.5 Å². The maximum absolute atomic E-state index is 12.5. The number of rotatable bonds is 4. The van der Waals surface area contributed by atoms with E-state index in [-0.39, 0.29) is 20.1 Å². The third kappa shape index (κ3) is 6.77. The summed E-state index contributed by atoms with van der Waals surface area (Å²) in [6.07, 6.45) is 3.71. The van der Waals surface area contributed by atoms with Crippen LogP contribution in [0.25, 0.3) is 33.6 Å². The molecule has 2 aromatic heterocycles. The molecule has 0 aliphatic carbocycles. The van der Waals surface area contributed by atoms with E-state index < -0.39 is 6.67 Å². The standard InChI is InChI=1S/C17H12N.C13H11FN.Ir/c1-3-7-14(8-4-1)16-11-12-17(18-13-16)15-9-5-2-6-10-15;1-10-5-6-13(15-9-10)12-4-2-3-11(7-12)8-14;/h1-9,11-13H;2-3,5-7,9H,8H2,1H3;/q2*-1;. The number of halogens is 1. The summed E-state index contributed by atoms with van der Waals surface area (Å²) in [7, 11) is 0. The largest absolute Gasteiger partial charge is 0.304 e. The molecule has 2 heterocycles. The van der Waals surface area contributed by atoms with Crippen molar-refractivity contribution in [1.82, 2.24) is 9.97 Å². The second-order valence-corrected chi connectivity index (χ2v) is 7.54. The molecule has 0 unspecified atom stereocenters. The molecule has 4 heteroatoms. The molecule has 5 rings (SSSR count). The molecule has 171 valence electrons. The monoisotopic (exact) mass is 623 g/mol. The molecule has 0 amide bonds. The number of pyridine rings is 2. The van der Waals surface area contributed by atoms with Crippen LogP contribution in [0.3, 0.4) is 0 Å². The predicted octanol–water partition coefficient (Wildman–Crippen LogP) is 7.54. The van der Waals surface area contributed by atoms with Gasteiger partial charge in [0.15, 0.2) is 0 Å². The van der Waals surface area contributed by atoms with Gasteiger partial charge < -0.3 is 9.97 Å². The second-order valence-electron chi connectivity index (χ2n) is 7.54. The smallest absolute Gasteiger partial charge is 0.0978 e. The summed E-state index contributed by atoms with van der Waals surface area (Å²) in [5.74, 6) is 0. The molecule has 0 saturated heterocycles. The van der Waals surface area contributed by atoms with Crippen molar-refractivity contribution in [1.29, 1.82) is 0 Å². The van der Waals surface area contributed by atoms with Crippen LogP contribution in [0, 0.1) is 19.1 Å². The number of aromatic nitrogens is 2. The average Bonchev–Trinajstić information content (AvgIpc) is 2.91. The first kappa shape index (κ1) is 25.2. The molecule has 0 atom stereocenters. The molecule has 1 radical (unpaired) electrons. The van der Waals surface area contributed by atoms with Crippen molar-refractivity contribution in [2.45, 2.75) is 13.6 Å². The zero-order valence-electron chi connectivity index (χ0n) is 18.7. The fourth-order valence-electron chi connectivity index (χ4n) is 3.28. The van der Waals surface area contributed by atoms with E-state index >= 15 is 0 Å². The van der Waals surface area contributed by atoms with E-state index in [4.69, 9.17) is 0 Å². The quantitative estimate of drug-likeness (QED) is 0.194. The van der Waals surface area contributed by atoms with E-state index in [1.54, 1.807) is 24.4 Å². The second kappa shape index (κ2) is 12.7. The van der Waals surface area contributed by atoms with Gasteiger partial charge in [-0.25, -0.2) is 4.39 Å². The van der Waals surface area contributed by atoms with E-state index in [2.05, 4.69) is 40.3 Å². The van der Waals surface area contributed by atoms with Crippen molar-refractivity contribution >= 4 is 0 Å². The van der Waals surface area contributed by atoms with Crippen LogP contribution < -0.4 is 0 Å². The van der Waals surface area contributed by atoms with Crippen LogP contribution in [0.4, 0.5) is 4.39 Å². The van der Waals surface area contributed by atoms with Crippen LogP contribution >= 0.6 is 0 Å². The third-order valence-corrected chi connectivity index (χ3v) is 5.06. The van der Waals surface area contributed by atoms with Gasteiger partial charge in [0.2, 0.25) is 0 Å². The topological polar surface area (TPSA) is 25.8 Å². The number of aryl methyl sites for hydroxylation is 1. The fraction of sp³-hybridized carbons (Fsp3) is 0.0667. The molecule has 3 aromatic carbocycles. The Labute approximate surface area is 213 Å². The van der Waals surface area contributed by atoms with Crippen molar-refractivity contribution in [2.24, 2.45) is 0 Å². The minimum absolute atomic E-state index is 0. The van der Waals surface area contributed by atoms with Crippen LogP contribution in [0.15, 0.2) is 109 Å². The predicted molar refractivity (Wildman–Crippen MR) is 132 cm³/mol. The van der Waals surface area contributed by atoms with Crippen molar-refractivity contribution in [2.75, 3.05) is 0 Å². The van der Waals surface area contributed by atoms with Gasteiger partial charge in [-0.1, -0.05) is 60.2 Å². The molecule has 0 N–H and O–H groups in total. The van der Waals surface area contributed by atoms with Crippen molar-refractivity contribution in [3.8, 4) is 33.6 Å². The number of hydrogen-bond acceptors (Lipinski definition) is 2. The third-order valence-electron chi connectivity index (χ3n) is 5.06. The molecule has 34 heavy (non-hydrogen) atoms. The average molecular weight is 623 g/mol. The Morgan fingerprint density at radius 3 is 2.03 bits per heavy atom. The van der Waals surface area contributed by atoms with Gasteiger partial charge in [0.25, 0.3) is 0 Å². The molecule has 5 aromatic rings. The van der Waals surface area contributed by atoms with Crippen LogP contribution in [0.5, 0.6) is 0 Å². The maximum atomic E-state index is 12.5. The molecule has 0 aliphatic rings. The molecule has 2 nitrogen and oxygen atoms in total. The first-order chi connectivity index (χ1) is 16.2. The van der Waals surface area contributed by atoms with Crippen molar-refractivity contribution in [3.63, 3.8) is 0 Å². The molecular weight excluding hydrogens is 600 g/mol. The molecule has 0 aliphatic heterocycles. The molecule has 0 fully saturated rings. The maximum Gasteiger partial charge on any atom is 0.0978 e. The molecule has 0 bridgehead atoms. The number of nitrogens with zero attached hydrogens (tertiary/aromatic N) is 2. The van der Waals surface area contributed by atoms with Gasteiger partial charge in [0.05, 0.1) is 6.67 Å². The summed E-state index contributed by atoms with van der Waals surface area (Å²) >= 11 is 0. The van der Waals surface area contributed by atoms with E-state index in [0.29, 0.717) is 5.56 Å². The van der Waals surface area contributed by atoms with Gasteiger partial charge in [-0.3, -0.25) is 0 Å². The Bertz CT molecular complexity index is 1210. The fourth-order valence-corrected chi connectivity index (χ4v) is 3.28. The molecule has 0 saturated carbocycles. The summed E-state index contributed by atoms with van der Waals surface area (Å²) in [6.45, 7) is 1.53. The Balaban J connectivity index is 0.000000188. The van der Waals surface area contributed by atoms with Gasteiger partial charge >= 0.3 is 0 Å². The van der Waals surface area contributed by atoms with Crippen molar-refractivity contribution < 1.29 is 24.5 Å². The summed E-state index contributed by atoms with van der Waals surface area (Å²) in [5.41, 5.74) is 7.74. The van der Waals surface area contributed by atoms with E-state index in [1.807, 2.05) is 73.8 Å². The van der Waals surface area contributed by atoms with E-state index in [0.717, 1.165) is 33.6 Å². The van der Waals surface area contributed by atoms with Crippen LogP contribution in [-0.2, 0) is 26.8 Å². The Hall–Kier alpha value is -3.46. The summed E-state index contributed by atoms with van der Waals surface area (Å²) in [6, 6.07) is 37.6. The van der Waals surface area contributed by atoms with Gasteiger partial charge in [-0.15, -0.1) is 65.7 Å². The number of benzene rings is 3. The van der Waals surface area contributed by atoms with Crippen molar-refractivity contribution in [3.05, 3.63) is 133 Å². The van der Waals surface area contributed by atoms with E-state index in [9.17, 15) is 4.39 Å². The number of hydrogen-bond donors (Lipinski definition) is 0. The summed E-state index contributed by atoms with van der Waals surface area (Å²) in [5, 5.41) is 0. The van der Waals surface area contributed by atoms with Crippen LogP contribution in [0.2, 0.25) is 0 Å². The Morgan fingerprint density at radius 2 is 1.38 bits per heavy atom. The van der Waals surface area contributed by atoms with Gasteiger partial charge in [-0.05, 0) is 35.0 Å². The summed E-state index contributed by atoms with van der Waals surface area (Å²) < 4.78 is 12.5. The zero-order chi connectivity index (χ0) is 22.9. The minimum Gasteiger partial charge on any atom is -0.304 e. The molecule has 0 spiro atoms. The first-order valence-corrected chi connectivity index (χ1v) is 10.7. The Kier molecular flexibility index (Phi) is 9.39. The zero-order valence-corrected chi connectivity index (χ0v) is 21.1. The Morgan fingerprint density at radius 1 is 0.676 bits per heavy atom. The van der Waals surface area contributed by atoms with Crippen LogP contribution in [0.1, 0.15) is 11.1 Å². The normalized spacial score (nSPS) is 9.94. The first-order valence-electron chi connectivity index (χ1n) is 10.7. The van der Waals surface area contributed by atoms with E-state index in [1.165, 1.54) is 5.56 Å². The van der Waals surface area contributed by atoms with Gasteiger partial charge in [0.1, 0.15) is 0 Å². The summed E-state index contributed by atoms with van der Waals surface area (Å²) in [4.78, 5) is 8.76. The van der Waals surface area contributed by atoms with Gasteiger partial charge in [-0.2, -0.15) is 0 Å². The van der Waals surface area contributed by atoms with Crippen LogP contribution in [-0.4, -0.2) is 9.97 Å². The SMILES string of the molecule is Cc1ccc(-c2[c-]ccc(CF)c2)nc1.[Ir].[c-]1ccccc1-c1ccc(-c2ccccc2)cn1.